The van der Waals surface area contributed by atoms with Gasteiger partial charge in [-0.3, -0.25) is 19.8 Å². The quantitative estimate of drug-likeness (QED) is 0.178. The summed E-state index contributed by atoms with van der Waals surface area (Å²) in [6, 6.07) is 55.3. The van der Waals surface area contributed by atoms with E-state index in [1.165, 1.54) is 22.3 Å². The van der Waals surface area contributed by atoms with E-state index in [2.05, 4.69) is 149 Å². The normalized spacial score (nSPS) is 18.2. The summed E-state index contributed by atoms with van der Waals surface area (Å²) in [7, 11) is 0. The van der Waals surface area contributed by atoms with Crippen LogP contribution in [0.15, 0.2) is 158 Å². The number of ether oxygens (including phenoxy) is 2. The highest BCUT2D eigenvalue weighted by atomic mass is 16.5. The molecule has 0 radical (unpaired) electrons. The zero-order chi connectivity index (χ0) is 33.8. The highest BCUT2D eigenvalue weighted by Crippen LogP contribution is 2.28. The van der Waals surface area contributed by atoms with Crippen molar-refractivity contribution >= 4 is 0 Å². The SMILES string of the molecule is c1ccc(CN2Cc3cccc(n3)CN(Cc3ccccc3)[C@H](c3ccccc3)COCc3cccc(n3)COC[C@H]2c2ccccc2)cc1. The van der Waals surface area contributed by atoms with Gasteiger partial charge in [0, 0.05) is 26.2 Å². The molecule has 1 aliphatic heterocycles. The number of nitrogens with zero attached hydrogens (tertiary/aromatic N) is 4. The molecule has 4 bridgehead atoms. The zero-order valence-electron chi connectivity index (χ0n) is 28.4. The minimum absolute atomic E-state index is 0.00398. The fourth-order valence-electron chi connectivity index (χ4n) is 6.73. The molecule has 6 heteroatoms. The Morgan fingerprint density at radius 3 is 1.20 bits per heavy atom. The van der Waals surface area contributed by atoms with Crippen LogP contribution in [0.5, 0.6) is 0 Å². The van der Waals surface area contributed by atoms with Crippen LogP contribution in [0.1, 0.15) is 57.1 Å². The van der Waals surface area contributed by atoms with Crippen LogP contribution < -0.4 is 0 Å². The summed E-state index contributed by atoms with van der Waals surface area (Å²) >= 11 is 0. The van der Waals surface area contributed by atoms with Crippen LogP contribution in [0.4, 0.5) is 0 Å². The molecule has 2 atom stereocenters. The van der Waals surface area contributed by atoms with E-state index in [9.17, 15) is 0 Å². The van der Waals surface area contributed by atoms with Gasteiger partial charge < -0.3 is 9.47 Å². The summed E-state index contributed by atoms with van der Waals surface area (Å²) < 4.78 is 13.0. The van der Waals surface area contributed by atoms with Gasteiger partial charge in [-0.05, 0) is 46.5 Å². The van der Waals surface area contributed by atoms with E-state index < -0.39 is 0 Å². The lowest BCUT2D eigenvalue weighted by Gasteiger charge is -2.33. The van der Waals surface area contributed by atoms with Crippen molar-refractivity contribution in [3.8, 4) is 0 Å². The molecule has 7 rings (SSSR count). The van der Waals surface area contributed by atoms with Crippen LogP contribution in [-0.4, -0.2) is 33.0 Å². The maximum absolute atomic E-state index is 6.48. The number of hydrogen-bond acceptors (Lipinski definition) is 6. The first-order chi connectivity index (χ1) is 24.8. The summed E-state index contributed by atoms with van der Waals surface area (Å²) in [5, 5.41) is 0. The first-order valence-corrected chi connectivity index (χ1v) is 17.5. The van der Waals surface area contributed by atoms with Gasteiger partial charge in [-0.1, -0.05) is 133 Å². The van der Waals surface area contributed by atoms with Crippen molar-refractivity contribution in [2.75, 3.05) is 13.2 Å². The number of benzene rings is 4. The maximum Gasteiger partial charge on any atom is 0.0888 e. The third-order valence-electron chi connectivity index (χ3n) is 9.22. The molecule has 0 N–H and O–H groups in total. The molecule has 0 fully saturated rings. The first-order valence-electron chi connectivity index (χ1n) is 17.5. The largest absolute Gasteiger partial charge is 0.373 e. The van der Waals surface area contributed by atoms with Crippen LogP contribution in [-0.2, 0) is 48.9 Å². The van der Waals surface area contributed by atoms with Gasteiger partial charge in [0.15, 0.2) is 0 Å². The van der Waals surface area contributed by atoms with Crippen LogP contribution >= 0.6 is 0 Å². The van der Waals surface area contributed by atoms with E-state index in [1.807, 2.05) is 18.2 Å². The molecule has 50 heavy (non-hydrogen) atoms. The van der Waals surface area contributed by atoms with Crippen molar-refractivity contribution in [2.24, 2.45) is 0 Å². The lowest BCUT2D eigenvalue weighted by Crippen LogP contribution is -2.33. The monoisotopic (exact) mass is 660 g/mol. The van der Waals surface area contributed by atoms with E-state index in [0.29, 0.717) is 39.5 Å². The number of pyridine rings is 2. The average Bonchev–Trinajstić information content (AvgIpc) is 3.16. The lowest BCUT2D eigenvalue weighted by atomic mass is 10.0. The van der Waals surface area contributed by atoms with Gasteiger partial charge in [0.05, 0.1) is 61.3 Å². The van der Waals surface area contributed by atoms with Gasteiger partial charge in [-0.2, -0.15) is 0 Å². The Bertz CT molecular complexity index is 1760. The summed E-state index contributed by atoms with van der Waals surface area (Å²) in [5.74, 6) is 0. The second kappa shape index (κ2) is 17.1. The van der Waals surface area contributed by atoms with Gasteiger partial charge in [0.1, 0.15) is 0 Å². The molecule has 0 amide bonds. The number of hydrogen-bond donors (Lipinski definition) is 0. The Kier molecular flexibility index (Phi) is 11.5. The summed E-state index contributed by atoms with van der Waals surface area (Å²) in [6.07, 6.45) is 0. The molecule has 0 aliphatic carbocycles. The Morgan fingerprint density at radius 1 is 0.420 bits per heavy atom. The molecule has 6 nitrogen and oxygen atoms in total. The smallest absolute Gasteiger partial charge is 0.0888 e. The van der Waals surface area contributed by atoms with E-state index in [0.717, 1.165) is 35.9 Å². The molecule has 0 spiro atoms. The van der Waals surface area contributed by atoms with Crippen molar-refractivity contribution in [1.29, 1.82) is 0 Å². The number of fused-ring (bicyclic) bond motifs is 4. The molecular formula is C44H44N4O2. The average molecular weight is 661 g/mol. The standard InChI is InChI=1S/C44H44N4O2/c1-5-15-35(16-6-1)27-47-29-39-23-13-24-40(45-39)30-48(28-36-17-7-2-8-18-36)44(38-21-11-4-12-22-38)34-50-32-42-26-14-25-41(46-42)31-49-33-43(47)37-19-9-3-10-20-37/h1-26,43-44H,27-34H2/t43-,44-/m0/s1. The third kappa shape index (κ3) is 9.17. The van der Waals surface area contributed by atoms with Gasteiger partial charge in [-0.15, -0.1) is 0 Å². The third-order valence-corrected chi connectivity index (χ3v) is 9.22. The van der Waals surface area contributed by atoms with Crippen molar-refractivity contribution in [1.82, 2.24) is 19.8 Å². The fraction of sp³-hybridized carbons (Fsp3) is 0.227. The molecule has 1 aliphatic rings. The number of aromatic nitrogens is 2. The van der Waals surface area contributed by atoms with E-state index in [4.69, 9.17) is 19.4 Å². The maximum atomic E-state index is 6.48. The Morgan fingerprint density at radius 2 is 0.780 bits per heavy atom. The molecule has 2 aromatic heterocycles. The second-order valence-corrected chi connectivity index (χ2v) is 12.9. The van der Waals surface area contributed by atoms with Gasteiger partial charge >= 0.3 is 0 Å². The second-order valence-electron chi connectivity index (χ2n) is 12.9. The number of rotatable bonds is 6. The fourth-order valence-corrected chi connectivity index (χ4v) is 6.73. The Hall–Kier alpha value is -4.98. The van der Waals surface area contributed by atoms with Crippen LogP contribution in [0.2, 0.25) is 0 Å². The molecular weight excluding hydrogens is 617 g/mol. The lowest BCUT2D eigenvalue weighted by molar-refractivity contribution is 0.0356. The predicted octanol–water partition coefficient (Wildman–Crippen LogP) is 8.71. The van der Waals surface area contributed by atoms with Crippen LogP contribution in [0, 0.1) is 0 Å². The predicted molar refractivity (Wildman–Crippen MR) is 198 cm³/mol. The molecule has 3 heterocycles. The summed E-state index contributed by atoms with van der Waals surface area (Å²) in [5.41, 5.74) is 8.78. The van der Waals surface area contributed by atoms with Crippen molar-refractivity contribution in [3.63, 3.8) is 0 Å². The Balaban J connectivity index is 1.28. The highest BCUT2D eigenvalue weighted by Gasteiger charge is 2.25. The topological polar surface area (TPSA) is 50.7 Å². The van der Waals surface area contributed by atoms with E-state index >= 15 is 0 Å². The van der Waals surface area contributed by atoms with Gasteiger partial charge in [-0.25, -0.2) is 0 Å². The van der Waals surface area contributed by atoms with Crippen molar-refractivity contribution < 1.29 is 9.47 Å². The molecule has 252 valence electrons. The minimum Gasteiger partial charge on any atom is -0.373 e. The molecule has 0 saturated carbocycles. The van der Waals surface area contributed by atoms with Crippen molar-refractivity contribution in [2.45, 2.75) is 51.5 Å². The van der Waals surface area contributed by atoms with Crippen LogP contribution in [0.25, 0.3) is 0 Å². The summed E-state index contributed by atoms with van der Waals surface area (Å²) in [6.45, 7) is 4.73. The molecule has 0 unspecified atom stereocenters. The van der Waals surface area contributed by atoms with Crippen LogP contribution in [0.3, 0.4) is 0 Å². The van der Waals surface area contributed by atoms with E-state index in [-0.39, 0.29) is 12.1 Å². The first kappa shape index (κ1) is 33.5. The molecule has 4 aromatic carbocycles. The Labute approximate surface area is 296 Å². The summed E-state index contributed by atoms with van der Waals surface area (Å²) in [4.78, 5) is 15.2. The molecule has 6 aromatic rings. The zero-order valence-corrected chi connectivity index (χ0v) is 28.4. The van der Waals surface area contributed by atoms with Crippen molar-refractivity contribution in [3.05, 3.63) is 203 Å². The van der Waals surface area contributed by atoms with E-state index in [1.54, 1.807) is 0 Å². The minimum atomic E-state index is 0.00398. The van der Waals surface area contributed by atoms with Gasteiger partial charge in [0.25, 0.3) is 0 Å². The van der Waals surface area contributed by atoms with Gasteiger partial charge in [0.2, 0.25) is 0 Å². The molecule has 0 saturated heterocycles. The highest BCUT2D eigenvalue weighted by molar-refractivity contribution is 5.24.